The summed E-state index contributed by atoms with van der Waals surface area (Å²) < 4.78 is 28.4. The Morgan fingerprint density at radius 3 is 2.58 bits per heavy atom. The van der Waals surface area contributed by atoms with E-state index in [9.17, 15) is 23.1 Å². The van der Waals surface area contributed by atoms with Gasteiger partial charge in [-0.1, -0.05) is 19.1 Å². The number of benzene rings is 1. The quantitative estimate of drug-likeness (QED) is 0.722. The standard InChI is InChI=1S/C15H17N3O5S/c1-3-13(19)10-5-4-6-11(9-10)24(22,23)17-14(15(20)21)12-7-8-16-18(12)2/h4-9,14,17H,3H2,1-2H3,(H,20,21). The van der Waals surface area contributed by atoms with Gasteiger partial charge in [-0.25, -0.2) is 8.42 Å². The summed E-state index contributed by atoms with van der Waals surface area (Å²) in [5, 5.41) is 13.2. The minimum atomic E-state index is -4.14. The molecule has 9 heteroatoms. The number of aromatic nitrogens is 2. The van der Waals surface area contributed by atoms with Crippen molar-refractivity contribution in [3.63, 3.8) is 0 Å². The molecular formula is C15H17N3O5S. The summed E-state index contributed by atoms with van der Waals surface area (Å²) in [5.74, 6) is -1.56. The molecular weight excluding hydrogens is 334 g/mol. The van der Waals surface area contributed by atoms with E-state index >= 15 is 0 Å². The summed E-state index contributed by atoms with van der Waals surface area (Å²) in [4.78, 5) is 23.0. The average Bonchev–Trinajstić information content (AvgIpc) is 2.97. The van der Waals surface area contributed by atoms with Crippen molar-refractivity contribution in [1.29, 1.82) is 0 Å². The first-order valence-corrected chi connectivity index (χ1v) is 8.61. The molecule has 2 aromatic rings. The number of sulfonamides is 1. The Morgan fingerprint density at radius 1 is 1.33 bits per heavy atom. The van der Waals surface area contributed by atoms with E-state index in [1.54, 1.807) is 6.92 Å². The van der Waals surface area contributed by atoms with Gasteiger partial charge in [0.15, 0.2) is 11.8 Å². The number of carbonyl (C=O) groups excluding carboxylic acids is 1. The summed E-state index contributed by atoms with van der Waals surface area (Å²) in [7, 11) is -2.62. The van der Waals surface area contributed by atoms with E-state index in [1.807, 2.05) is 0 Å². The molecule has 1 aromatic carbocycles. The zero-order chi connectivity index (χ0) is 17.9. The lowest BCUT2D eigenvalue weighted by molar-refractivity contribution is -0.139. The fraction of sp³-hybridized carbons (Fsp3) is 0.267. The van der Waals surface area contributed by atoms with Gasteiger partial charge in [0.05, 0.1) is 10.6 Å². The Kier molecular flexibility index (Phi) is 5.15. The maximum absolute atomic E-state index is 12.5. The molecule has 8 nitrogen and oxygen atoms in total. The minimum Gasteiger partial charge on any atom is -0.480 e. The molecule has 0 aliphatic carbocycles. The van der Waals surface area contributed by atoms with Crippen LogP contribution in [-0.4, -0.2) is 35.1 Å². The van der Waals surface area contributed by atoms with Crippen LogP contribution in [0.5, 0.6) is 0 Å². The number of nitrogens with one attached hydrogen (secondary N) is 1. The monoisotopic (exact) mass is 351 g/mol. The number of aryl methyl sites for hydroxylation is 1. The Bertz CT molecular complexity index is 873. The zero-order valence-electron chi connectivity index (χ0n) is 13.1. The second-order valence-corrected chi connectivity index (χ2v) is 6.79. The third kappa shape index (κ3) is 3.69. The molecule has 0 bridgehead atoms. The van der Waals surface area contributed by atoms with E-state index in [2.05, 4.69) is 9.82 Å². The van der Waals surface area contributed by atoms with Crippen LogP contribution < -0.4 is 4.72 Å². The highest BCUT2D eigenvalue weighted by Crippen LogP contribution is 2.18. The average molecular weight is 351 g/mol. The van der Waals surface area contributed by atoms with E-state index in [0.29, 0.717) is 0 Å². The van der Waals surface area contributed by atoms with Gasteiger partial charge in [0, 0.05) is 25.2 Å². The summed E-state index contributed by atoms with van der Waals surface area (Å²) in [6, 6.07) is 5.41. The molecule has 24 heavy (non-hydrogen) atoms. The van der Waals surface area contributed by atoms with Gasteiger partial charge >= 0.3 is 5.97 Å². The van der Waals surface area contributed by atoms with Crippen molar-refractivity contribution in [2.75, 3.05) is 0 Å². The van der Waals surface area contributed by atoms with Gasteiger partial charge in [-0.15, -0.1) is 0 Å². The van der Waals surface area contributed by atoms with Crippen LogP contribution in [0.4, 0.5) is 0 Å². The summed E-state index contributed by atoms with van der Waals surface area (Å²) in [5.41, 5.74) is 0.444. The lowest BCUT2D eigenvalue weighted by Gasteiger charge is -2.15. The number of Topliss-reactive ketones (excluding diaryl/α,β-unsaturated/α-hetero) is 1. The Labute approximate surface area is 139 Å². The molecule has 1 heterocycles. The number of carboxylic acid groups (broad SMARTS) is 1. The Morgan fingerprint density at radius 2 is 2.04 bits per heavy atom. The van der Waals surface area contributed by atoms with Crippen molar-refractivity contribution in [2.45, 2.75) is 24.3 Å². The van der Waals surface area contributed by atoms with Crippen LogP contribution in [0.15, 0.2) is 41.4 Å². The van der Waals surface area contributed by atoms with Gasteiger partial charge in [0.2, 0.25) is 10.0 Å². The molecule has 2 N–H and O–H groups in total. The van der Waals surface area contributed by atoms with Gasteiger partial charge in [-0.2, -0.15) is 9.82 Å². The first-order chi connectivity index (χ1) is 11.3. The predicted octanol–water partition coefficient (Wildman–Crippen LogP) is 1.12. The number of carboxylic acids is 1. The smallest absolute Gasteiger partial charge is 0.327 e. The van der Waals surface area contributed by atoms with Crippen molar-refractivity contribution < 1.29 is 23.1 Å². The molecule has 128 valence electrons. The number of rotatable bonds is 7. The zero-order valence-corrected chi connectivity index (χ0v) is 13.9. The number of nitrogens with zero attached hydrogens (tertiary/aromatic N) is 2. The molecule has 0 aliphatic rings. The number of carbonyl (C=O) groups is 2. The van der Waals surface area contributed by atoms with Gasteiger partial charge in [-0.3, -0.25) is 14.3 Å². The van der Waals surface area contributed by atoms with Crippen molar-refractivity contribution in [3.8, 4) is 0 Å². The molecule has 0 saturated carbocycles. The van der Waals surface area contributed by atoms with E-state index < -0.39 is 22.0 Å². The highest BCUT2D eigenvalue weighted by Gasteiger charge is 2.29. The van der Waals surface area contributed by atoms with E-state index in [-0.39, 0.29) is 28.4 Å². The van der Waals surface area contributed by atoms with Crippen molar-refractivity contribution in [3.05, 3.63) is 47.8 Å². The summed E-state index contributed by atoms with van der Waals surface area (Å²) in [6.07, 6.45) is 1.61. The van der Waals surface area contributed by atoms with E-state index in [1.165, 1.54) is 48.3 Å². The fourth-order valence-electron chi connectivity index (χ4n) is 2.17. The van der Waals surface area contributed by atoms with Crippen LogP contribution in [-0.2, 0) is 21.9 Å². The second-order valence-electron chi connectivity index (χ2n) is 5.08. The maximum Gasteiger partial charge on any atom is 0.327 e. The topological polar surface area (TPSA) is 118 Å². The number of hydrogen-bond donors (Lipinski definition) is 2. The number of aliphatic carboxylic acids is 1. The Hall–Kier alpha value is -2.52. The van der Waals surface area contributed by atoms with Crippen molar-refractivity contribution >= 4 is 21.8 Å². The first-order valence-electron chi connectivity index (χ1n) is 7.12. The maximum atomic E-state index is 12.5. The summed E-state index contributed by atoms with van der Waals surface area (Å²) >= 11 is 0. The number of hydrogen-bond acceptors (Lipinski definition) is 5. The third-order valence-corrected chi connectivity index (χ3v) is 4.88. The summed E-state index contributed by atoms with van der Waals surface area (Å²) in [6.45, 7) is 1.67. The number of ketones is 1. The Balaban J connectivity index is 2.38. The van der Waals surface area contributed by atoms with Crippen LogP contribution >= 0.6 is 0 Å². The fourth-order valence-corrected chi connectivity index (χ4v) is 3.38. The molecule has 0 spiro atoms. The van der Waals surface area contributed by atoms with Gasteiger partial charge in [-0.05, 0) is 18.2 Å². The molecule has 1 atom stereocenters. The van der Waals surface area contributed by atoms with E-state index in [4.69, 9.17) is 0 Å². The van der Waals surface area contributed by atoms with Gasteiger partial charge in [0.1, 0.15) is 0 Å². The lowest BCUT2D eigenvalue weighted by Crippen LogP contribution is -2.35. The molecule has 0 fully saturated rings. The second kappa shape index (κ2) is 6.93. The minimum absolute atomic E-state index is 0.171. The highest BCUT2D eigenvalue weighted by atomic mass is 32.2. The molecule has 0 amide bonds. The van der Waals surface area contributed by atoms with E-state index in [0.717, 1.165) is 0 Å². The van der Waals surface area contributed by atoms with Gasteiger partial charge in [0.25, 0.3) is 0 Å². The van der Waals surface area contributed by atoms with Crippen LogP contribution in [0.1, 0.15) is 35.4 Å². The largest absolute Gasteiger partial charge is 0.480 e. The van der Waals surface area contributed by atoms with Crippen molar-refractivity contribution in [1.82, 2.24) is 14.5 Å². The molecule has 0 aliphatic heterocycles. The normalized spacial score (nSPS) is 12.8. The van der Waals surface area contributed by atoms with Gasteiger partial charge < -0.3 is 5.11 Å². The van der Waals surface area contributed by atoms with Crippen LogP contribution in [0.3, 0.4) is 0 Å². The molecule has 0 saturated heterocycles. The highest BCUT2D eigenvalue weighted by molar-refractivity contribution is 7.89. The van der Waals surface area contributed by atoms with Crippen LogP contribution in [0, 0.1) is 0 Å². The van der Waals surface area contributed by atoms with Crippen molar-refractivity contribution in [2.24, 2.45) is 7.05 Å². The van der Waals surface area contributed by atoms with Crippen LogP contribution in [0.25, 0.3) is 0 Å². The third-order valence-electron chi connectivity index (χ3n) is 3.46. The molecule has 1 aromatic heterocycles. The SMILES string of the molecule is CCC(=O)c1cccc(S(=O)(=O)NC(C(=O)O)c2ccnn2C)c1. The molecule has 2 rings (SSSR count). The first kappa shape index (κ1) is 17.8. The lowest BCUT2D eigenvalue weighted by atomic mass is 10.1. The molecule has 1 unspecified atom stereocenters. The molecule has 0 radical (unpaired) electrons. The predicted molar refractivity (Wildman–Crippen MR) is 85.0 cm³/mol. The van der Waals surface area contributed by atoms with Crippen LogP contribution in [0.2, 0.25) is 0 Å².